The third-order valence-corrected chi connectivity index (χ3v) is 5.67. The molecule has 2 N–H and O–H groups in total. The molecule has 3 aliphatic rings. The maximum Gasteiger partial charge on any atom is 0.328 e. The average molecular weight is 473 g/mol. The second-order valence-electron chi connectivity index (χ2n) is 7.98. The summed E-state index contributed by atoms with van der Waals surface area (Å²) in [4.78, 5) is 25.2. The van der Waals surface area contributed by atoms with Crippen LogP contribution in [0, 0.1) is 13.3 Å². The van der Waals surface area contributed by atoms with E-state index in [-0.39, 0.29) is 5.91 Å². The third-order valence-electron chi connectivity index (χ3n) is 5.67. The van der Waals surface area contributed by atoms with E-state index >= 15 is 0 Å². The van der Waals surface area contributed by atoms with Gasteiger partial charge in [-0.3, -0.25) is 4.79 Å². The van der Waals surface area contributed by atoms with Crippen LogP contribution in [0.3, 0.4) is 0 Å². The summed E-state index contributed by atoms with van der Waals surface area (Å²) >= 11 is 0. The van der Waals surface area contributed by atoms with Gasteiger partial charge in [0.1, 0.15) is 37.6 Å². The van der Waals surface area contributed by atoms with Gasteiger partial charge in [0.15, 0.2) is 11.5 Å². The molecule has 1 radical (unpaired) electrons. The van der Waals surface area contributed by atoms with Crippen LogP contribution in [0.5, 0.6) is 11.5 Å². The molecule has 2 aromatic rings. The van der Waals surface area contributed by atoms with Crippen molar-refractivity contribution in [2.45, 2.75) is 13.5 Å². The van der Waals surface area contributed by atoms with Gasteiger partial charge in [-0.15, -0.1) is 0 Å². The van der Waals surface area contributed by atoms with E-state index in [0.29, 0.717) is 60.8 Å². The lowest BCUT2D eigenvalue weighted by molar-refractivity contribution is -0.441. The first-order valence-corrected chi connectivity index (χ1v) is 11.1. The van der Waals surface area contributed by atoms with Gasteiger partial charge >= 0.3 is 11.7 Å². The monoisotopic (exact) mass is 472 g/mol. The molecule has 1 aromatic carbocycles. The number of carbonyl (C=O) groups excluding carboxylic acids is 1. The van der Waals surface area contributed by atoms with Crippen molar-refractivity contribution < 1.29 is 18.8 Å². The molecule has 1 aromatic heterocycles. The first kappa shape index (κ1) is 22.4. The van der Waals surface area contributed by atoms with Gasteiger partial charge in [-0.2, -0.15) is 0 Å². The lowest BCUT2D eigenvalue weighted by Gasteiger charge is -2.20. The molecule has 11 nitrogen and oxygen atoms in total. The minimum Gasteiger partial charge on any atom is -0.486 e. The summed E-state index contributed by atoms with van der Waals surface area (Å²) in [6.45, 7) is 3.79. The number of amidine groups is 1. The van der Waals surface area contributed by atoms with E-state index in [0.717, 1.165) is 16.9 Å². The zero-order chi connectivity index (χ0) is 24.2. The zero-order valence-corrected chi connectivity index (χ0v) is 19.4. The molecule has 1 amide bonds. The lowest BCUT2D eigenvalue weighted by Crippen LogP contribution is -2.24. The Balaban J connectivity index is 1.21. The second-order valence-corrected chi connectivity index (χ2v) is 7.98. The predicted molar refractivity (Wildman–Crippen MR) is 130 cm³/mol. The first-order valence-electron chi connectivity index (χ1n) is 11.1. The molecule has 0 fully saturated rings. The number of hydrogen-bond acceptors (Lipinski definition) is 9. The Kier molecular flexibility index (Phi) is 6.29. The summed E-state index contributed by atoms with van der Waals surface area (Å²) in [5, 5.41) is 14.6. The third kappa shape index (κ3) is 4.93. The van der Waals surface area contributed by atoms with Crippen LogP contribution in [-0.4, -0.2) is 60.7 Å². The van der Waals surface area contributed by atoms with Crippen LogP contribution in [0.15, 0.2) is 62.2 Å². The molecular formula is C24H24N8O3+. The van der Waals surface area contributed by atoms with Gasteiger partial charge in [0.25, 0.3) is 5.91 Å². The number of amides is 1. The summed E-state index contributed by atoms with van der Waals surface area (Å²) in [5.41, 5.74) is 3.18. The molecular weight excluding hydrogens is 448 g/mol. The van der Waals surface area contributed by atoms with E-state index in [1.807, 2.05) is 30.7 Å². The van der Waals surface area contributed by atoms with Crippen LogP contribution < -0.4 is 20.1 Å². The zero-order valence-electron chi connectivity index (χ0n) is 19.4. The molecule has 11 heteroatoms. The number of aryl methyl sites for hydroxylation is 1. The Hall–Kier alpha value is -4.41. The molecule has 0 saturated carbocycles. The van der Waals surface area contributed by atoms with E-state index in [2.05, 4.69) is 35.8 Å². The second kappa shape index (κ2) is 9.84. The van der Waals surface area contributed by atoms with Crippen molar-refractivity contribution in [2.75, 3.05) is 32.1 Å². The number of azo groups is 1. The summed E-state index contributed by atoms with van der Waals surface area (Å²) in [6, 6.07) is 7.23. The van der Waals surface area contributed by atoms with Crippen molar-refractivity contribution in [3.05, 3.63) is 65.1 Å². The number of ether oxygens (including phenoxy) is 2. The van der Waals surface area contributed by atoms with Crippen molar-refractivity contribution in [1.82, 2.24) is 10.3 Å². The van der Waals surface area contributed by atoms with Gasteiger partial charge < -0.3 is 20.1 Å². The molecule has 0 saturated heterocycles. The standard InChI is InChI=1S/C24H23N8O3/c1-15-9-19-20(35-8-7-34-19)10-17(15)12-28-24(33)16-3-6-26-21(11-16)27-13-22-30-31-23(32(22)2)18-4-5-25-14-29-18/h3-6,9-11,14H,7-8,12-13H2,1-2H3,(H-,26,27,28,33)/p+1. The number of aromatic nitrogens is 1. The van der Waals surface area contributed by atoms with Crippen LogP contribution >= 0.6 is 0 Å². The van der Waals surface area contributed by atoms with Gasteiger partial charge in [0.05, 0.1) is 23.7 Å². The number of anilines is 1. The maximum absolute atomic E-state index is 12.8. The molecule has 0 atom stereocenters. The van der Waals surface area contributed by atoms with Crippen LogP contribution in [-0.2, 0) is 6.54 Å². The number of aliphatic imine (C=N–C) groups is 2. The minimum absolute atomic E-state index is 0.200. The highest BCUT2D eigenvalue weighted by atomic mass is 16.6. The number of pyridine rings is 1. The molecule has 3 aliphatic heterocycles. The van der Waals surface area contributed by atoms with Gasteiger partial charge in [0.2, 0.25) is 0 Å². The number of benzene rings is 1. The summed E-state index contributed by atoms with van der Waals surface area (Å²) in [6.07, 6.45) is 6.49. The molecule has 0 bridgehead atoms. The van der Waals surface area contributed by atoms with Gasteiger partial charge in [0, 0.05) is 24.5 Å². The topological polar surface area (TPSA) is 125 Å². The Morgan fingerprint density at radius 3 is 2.74 bits per heavy atom. The molecule has 35 heavy (non-hydrogen) atoms. The van der Waals surface area contributed by atoms with E-state index in [1.165, 1.54) is 6.34 Å². The number of nitrogens with zero attached hydrogens (tertiary/aromatic N) is 6. The normalized spacial score (nSPS) is 18.2. The van der Waals surface area contributed by atoms with E-state index in [9.17, 15) is 4.79 Å². The fourth-order valence-corrected chi connectivity index (χ4v) is 3.70. The Labute approximate surface area is 202 Å². The molecule has 5 rings (SSSR count). The molecule has 4 heterocycles. The maximum atomic E-state index is 12.8. The van der Waals surface area contributed by atoms with Gasteiger partial charge in [-0.1, -0.05) is 0 Å². The number of allylic oxidation sites excluding steroid dienone is 1. The minimum atomic E-state index is -0.200. The Morgan fingerprint density at radius 2 is 1.94 bits per heavy atom. The number of fused-ring (bicyclic) bond motifs is 1. The summed E-state index contributed by atoms with van der Waals surface area (Å²) in [5.74, 6) is 3.13. The molecule has 0 aliphatic carbocycles. The highest BCUT2D eigenvalue weighted by molar-refractivity contribution is 5.95. The molecule has 177 valence electrons. The first-order chi connectivity index (χ1) is 17.1. The summed E-state index contributed by atoms with van der Waals surface area (Å²) < 4.78 is 13.1. The predicted octanol–water partition coefficient (Wildman–Crippen LogP) is 2.50. The van der Waals surface area contributed by atoms with Crippen molar-refractivity contribution in [1.29, 1.82) is 0 Å². The Bertz CT molecular complexity index is 1330. The van der Waals surface area contributed by atoms with E-state index in [1.54, 1.807) is 31.0 Å². The van der Waals surface area contributed by atoms with Crippen molar-refractivity contribution >= 4 is 30.1 Å². The lowest BCUT2D eigenvalue weighted by atomic mass is 10.1. The smallest absolute Gasteiger partial charge is 0.328 e. The fourth-order valence-electron chi connectivity index (χ4n) is 3.70. The van der Waals surface area contributed by atoms with Crippen LogP contribution in [0.4, 0.5) is 5.82 Å². The SMILES string of the molecule is Cc1cc2c(cc1CNC(=O)c1ccnc(NCC3=[N+](C)/C(=C4/[CH]C=NC=N4)N=N3)c1)OCCO2. The average Bonchev–Trinajstić information content (AvgIpc) is 3.26. The van der Waals surface area contributed by atoms with Gasteiger partial charge in [-0.25, -0.2) is 19.5 Å². The molecule has 0 unspecified atom stereocenters. The largest absolute Gasteiger partial charge is 0.486 e. The van der Waals surface area contributed by atoms with Crippen molar-refractivity contribution in [3.63, 3.8) is 0 Å². The quantitative estimate of drug-likeness (QED) is 0.625. The Morgan fingerprint density at radius 1 is 1.11 bits per heavy atom. The van der Waals surface area contributed by atoms with Crippen LogP contribution in [0.25, 0.3) is 0 Å². The summed E-state index contributed by atoms with van der Waals surface area (Å²) in [7, 11) is 1.87. The van der Waals surface area contributed by atoms with E-state index < -0.39 is 0 Å². The number of rotatable bonds is 6. The number of hydrogen-bond donors (Lipinski definition) is 2. The highest BCUT2D eigenvalue weighted by Crippen LogP contribution is 2.33. The van der Waals surface area contributed by atoms with E-state index in [4.69, 9.17) is 9.47 Å². The van der Waals surface area contributed by atoms with Crippen LogP contribution in [0.2, 0.25) is 0 Å². The highest BCUT2D eigenvalue weighted by Gasteiger charge is 2.27. The van der Waals surface area contributed by atoms with Crippen molar-refractivity contribution in [2.24, 2.45) is 20.2 Å². The van der Waals surface area contributed by atoms with Gasteiger partial charge in [-0.05, 0) is 42.3 Å². The van der Waals surface area contributed by atoms with Crippen molar-refractivity contribution in [3.8, 4) is 11.5 Å². The fraction of sp³-hybridized carbons (Fsp3) is 0.250. The molecule has 0 spiro atoms. The number of carbonyl (C=O) groups is 1. The number of nitrogens with one attached hydrogen (secondary N) is 2. The van der Waals surface area contributed by atoms with Crippen LogP contribution in [0.1, 0.15) is 21.5 Å².